The van der Waals surface area contributed by atoms with Crippen molar-refractivity contribution in [1.82, 2.24) is 10.3 Å². The Bertz CT molecular complexity index is 348. The third-order valence-electron chi connectivity index (χ3n) is 3.06. The maximum atomic E-state index is 11.6. The summed E-state index contributed by atoms with van der Waals surface area (Å²) in [6, 6.07) is 3.46. The number of carbonyl (C=O) groups is 1. The van der Waals surface area contributed by atoms with Crippen molar-refractivity contribution in [3.63, 3.8) is 0 Å². The molecule has 4 heteroatoms. The van der Waals surface area contributed by atoms with Crippen LogP contribution in [0.25, 0.3) is 0 Å². The summed E-state index contributed by atoms with van der Waals surface area (Å²) < 4.78 is 5.22. The van der Waals surface area contributed by atoms with E-state index >= 15 is 0 Å². The van der Waals surface area contributed by atoms with Crippen LogP contribution in [-0.4, -0.2) is 30.6 Å². The second kappa shape index (κ2) is 6.35. The normalized spacial score (nSPS) is 19.9. The van der Waals surface area contributed by atoms with Crippen LogP contribution in [0, 0.1) is 5.92 Å². The Labute approximate surface area is 101 Å². The van der Waals surface area contributed by atoms with Gasteiger partial charge >= 0.3 is 5.97 Å². The lowest BCUT2D eigenvalue weighted by Gasteiger charge is -2.22. The summed E-state index contributed by atoms with van der Waals surface area (Å²) in [5.41, 5.74) is 0.522. The van der Waals surface area contributed by atoms with E-state index in [4.69, 9.17) is 4.74 Å². The second-order valence-corrected chi connectivity index (χ2v) is 4.38. The van der Waals surface area contributed by atoms with Crippen LogP contribution in [0.2, 0.25) is 0 Å². The Morgan fingerprint density at radius 1 is 1.59 bits per heavy atom. The number of hydrogen-bond acceptors (Lipinski definition) is 4. The molecule has 0 radical (unpaired) electrons. The first kappa shape index (κ1) is 12.0. The predicted molar refractivity (Wildman–Crippen MR) is 64.7 cm³/mol. The average molecular weight is 234 g/mol. The van der Waals surface area contributed by atoms with Gasteiger partial charge in [0, 0.05) is 12.4 Å². The van der Waals surface area contributed by atoms with E-state index in [0.29, 0.717) is 18.1 Å². The third kappa shape index (κ3) is 3.82. The number of hydrogen-bond donors (Lipinski definition) is 1. The van der Waals surface area contributed by atoms with Crippen LogP contribution in [0.15, 0.2) is 24.5 Å². The summed E-state index contributed by atoms with van der Waals surface area (Å²) in [6.45, 7) is 2.66. The summed E-state index contributed by atoms with van der Waals surface area (Å²) >= 11 is 0. The highest BCUT2D eigenvalue weighted by atomic mass is 16.5. The number of piperidine rings is 1. The second-order valence-electron chi connectivity index (χ2n) is 4.38. The lowest BCUT2D eigenvalue weighted by atomic mass is 9.97. The molecular formula is C13H18N2O2. The van der Waals surface area contributed by atoms with Gasteiger partial charge in [-0.25, -0.2) is 4.79 Å². The van der Waals surface area contributed by atoms with E-state index in [-0.39, 0.29) is 5.97 Å². The van der Waals surface area contributed by atoms with E-state index in [0.717, 1.165) is 19.5 Å². The molecule has 2 rings (SSSR count). The molecule has 1 N–H and O–H groups in total. The van der Waals surface area contributed by atoms with Crippen LogP contribution in [0.1, 0.15) is 29.6 Å². The molecule has 0 bridgehead atoms. The molecule has 17 heavy (non-hydrogen) atoms. The minimum atomic E-state index is -0.276. The van der Waals surface area contributed by atoms with Crippen molar-refractivity contribution in [2.75, 3.05) is 19.7 Å². The summed E-state index contributed by atoms with van der Waals surface area (Å²) in [6.07, 6.45) is 6.58. The highest BCUT2D eigenvalue weighted by Gasteiger charge is 2.14. The molecule has 0 unspecified atom stereocenters. The quantitative estimate of drug-likeness (QED) is 0.804. The number of ether oxygens (including phenoxy) is 1. The van der Waals surface area contributed by atoms with Gasteiger partial charge in [0.15, 0.2) is 0 Å². The van der Waals surface area contributed by atoms with Gasteiger partial charge in [0.05, 0.1) is 12.2 Å². The molecule has 2 heterocycles. The summed E-state index contributed by atoms with van der Waals surface area (Å²) in [7, 11) is 0. The zero-order chi connectivity index (χ0) is 11.9. The average Bonchev–Trinajstić information content (AvgIpc) is 2.41. The number of nitrogens with zero attached hydrogens (tertiary/aromatic N) is 1. The van der Waals surface area contributed by atoms with Gasteiger partial charge in [0.1, 0.15) is 0 Å². The third-order valence-corrected chi connectivity index (χ3v) is 3.06. The molecule has 1 aromatic heterocycles. The maximum absolute atomic E-state index is 11.6. The first-order chi connectivity index (χ1) is 8.36. The molecule has 1 saturated heterocycles. The largest absolute Gasteiger partial charge is 0.462 e. The van der Waals surface area contributed by atoms with E-state index in [1.165, 1.54) is 19.0 Å². The molecule has 0 spiro atoms. The van der Waals surface area contributed by atoms with Crippen LogP contribution in [0.3, 0.4) is 0 Å². The van der Waals surface area contributed by atoms with E-state index in [9.17, 15) is 4.79 Å². The maximum Gasteiger partial charge on any atom is 0.339 e. The lowest BCUT2D eigenvalue weighted by molar-refractivity contribution is 0.0477. The molecule has 4 nitrogen and oxygen atoms in total. The Morgan fingerprint density at radius 3 is 3.24 bits per heavy atom. The van der Waals surface area contributed by atoms with E-state index < -0.39 is 0 Å². The number of pyridine rings is 1. The first-order valence-corrected chi connectivity index (χ1v) is 6.14. The van der Waals surface area contributed by atoms with Gasteiger partial charge in [0.2, 0.25) is 0 Å². The zero-order valence-electron chi connectivity index (χ0n) is 9.89. The van der Waals surface area contributed by atoms with Gasteiger partial charge in [0.25, 0.3) is 0 Å². The Morgan fingerprint density at radius 2 is 2.53 bits per heavy atom. The minimum Gasteiger partial charge on any atom is -0.462 e. The molecule has 0 amide bonds. The summed E-state index contributed by atoms with van der Waals surface area (Å²) in [4.78, 5) is 15.5. The van der Waals surface area contributed by atoms with Crippen LogP contribution in [0.4, 0.5) is 0 Å². The van der Waals surface area contributed by atoms with Crippen LogP contribution in [0.5, 0.6) is 0 Å². The van der Waals surface area contributed by atoms with Crippen molar-refractivity contribution < 1.29 is 9.53 Å². The fourth-order valence-electron chi connectivity index (χ4n) is 2.06. The predicted octanol–water partition coefficient (Wildman–Crippen LogP) is 1.63. The zero-order valence-corrected chi connectivity index (χ0v) is 9.89. The molecule has 0 saturated carbocycles. The van der Waals surface area contributed by atoms with Crippen molar-refractivity contribution in [2.24, 2.45) is 5.92 Å². The molecule has 1 fully saturated rings. The summed E-state index contributed by atoms with van der Waals surface area (Å²) in [5, 5.41) is 3.35. The topological polar surface area (TPSA) is 51.2 Å². The first-order valence-electron chi connectivity index (χ1n) is 6.14. The lowest BCUT2D eigenvalue weighted by Crippen LogP contribution is -2.30. The molecule has 0 aliphatic carbocycles. The smallest absolute Gasteiger partial charge is 0.339 e. The van der Waals surface area contributed by atoms with Gasteiger partial charge in [-0.15, -0.1) is 0 Å². The van der Waals surface area contributed by atoms with Gasteiger partial charge in [-0.05, 0) is 50.4 Å². The van der Waals surface area contributed by atoms with Crippen LogP contribution >= 0.6 is 0 Å². The van der Waals surface area contributed by atoms with Gasteiger partial charge in [-0.1, -0.05) is 0 Å². The SMILES string of the molecule is O=C(OCC[C@@H]1CCCNC1)c1cccnc1. The van der Waals surface area contributed by atoms with Crippen molar-refractivity contribution in [3.8, 4) is 0 Å². The molecule has 1 aromatic rings. The number of nitrogens with one attached hydrogen (secondary N) is 1. The van der Waals surface area contributed by atoms with Crippen LogP contribution in [-0.2, 0) is 4.74 Å². The van der Waals surface area contributed by atoms with Crippen molar-refractivity contribution in [1.29, 1.82) is 0 Å². The van der Waals surface area contributed by atoms with Crippen molar-refractivity contribution in [2.45, 2.75) is 19.3 Å². The summed E-state index contributed by atoms with van der Waals surface area (Å²) in [5.74, 6) is 0.368. The van der Waals surface area contributed by atoms with E-state index in [1.54, 1.807) is 18.3 Å². The van der Waals surface area contributed by atoms with Gasteiger partial charge < -0.3 is 10.1 Å². The molecule has 0 aromatic carbocycles. The van der Waals surface area contributed by atoms with Gasteiger partial charge in [-0.2, -0.15) is 0 Å². The van der Waals surface area contributed by atoms with Crippen LogP contribution < -0.4 is 5.32 Å². The Balaban J connectivity index is 1.69. The van der Waals surface area contributed by atoms with Gasteiger partial charge in [-0.3, -0.25) is 4.98 Å². The number of esters is 1. The fraction of sp³-hybridized carbons (Fsp3) is 0.538. The number of aromatic nitrogens is 1. The molecule has 1 aliphatic heterocycles. The Hall–Kier alpha value is -1.42. The highest BCUT2D eigenvalue weighted by molar-refractivity contribution is 5.88. The minimum absolute atomic E-state index is 0.276. The molecular weight excluding hydrogens is 216 g/mol. The molecule has 1 atom stereocenters. The van der Waals surface area contributed by atoms with Crippen molar-refractivity contribution >= 4 is 5.97 Å². The van der Waals surface area contributed by atoms with E-state index in [1.807, 2.05) is 0 Å². The number of carbonyl (C=O) groups excluding carboxylic acids is 1. The highest BCUT2D eigenvalue weighted by Crippen LogP contribution is 2.14. The van der Waals surface area contributed by atoms with E-state index in [2.05, 4.69) is 10.3 Å². The fourth-order valence-corrected chi connectivity index (χ4v) is 2.06. The molecule has 1 aliphatic rings. The number of rotatable bonds is 4. The molecule has 92 valence electrons. The standard InChI is InChI=1S/C13H18N2O2/c16-13(12-4-2-7-15-10-12)17-8-5-11-3-1-6-14-9-11/h2,4,7,10-11,14H,1,3,5-6,8-9H2/t11-/m0/s1. The van der Waals surface area contributed by atoms with Crippen molar-refractivity contribution in [3.05, 3.63) is 30.1 Å². The monoisotopic (exact) mass is 234 g/mol. The Kier molecular flexibility index (Phi) is 4.50.